The van der Waals surface area contributed by atoms with E-state index in [2.05, 4.69) is 25.7 Å². The van der Waals surface area contributed by atoms with E-state index in [0.29, 0.717) is 16.3 Å². The fourth-order valence-corrected chi connectivity index (χ4v) is 4.88. The molecular formula is C27H32F2N6O3S. The van der Waals surface area contributed by atoms with Crippen LogP contribution in [0.2, 0.25) is 0 Å². The van der Waals surface area contributed by atoms with E-state index in [1.807, 2.05) is 0 Å². The van der Waals surface area contributed by atoms with Gasteiger partial charge in [-0.15, -0.1) is 11.3 Å². The summed E-state index contributed by atoms with van der Waals surface area (Å²) < 4.78 is 34.9. The number of hydrogen-bond acceptors (Lipinski definition) is 8. The SMILES string of the molecule is CC(C)C(=O)OC(C)n1cc(-c2nc(C(=O)N/C(=C/NC3CCCCC3)Cc3nc(F)ccc3F)cs2)cn1. The van der Waals surface area contributed by atoms with Crippen LogP contribution in [0, 0.1) is 17.7 Å². The van der Waals surface area contributed by atoms with E-state index in [1.165, 1.54) is 22.4 Å². The van der Waals surface area contributed by atoms with Crippen molar-refractivity contribution >= 4 is 23.2 Å². The van der Waals surface area contributed by atoms with Crippen molar-refractivity contribution in [2.24, 2.45) is 5.92 Å². The molecule has 3 aromatic heterocycles. The number of ether oxygens (including phenoxy) is 1. The third-order valence-corrected chi connectivity index (χ3v) is 7.22. The lowest BCUT2D eigenvalue weighted by molar-refractivity contribution is -0.157. The summed E-state index contributed by atoms with van der Waals surface area (Å²) in [5, 5.41) is 12.5. The standard InChI is InChI=1S/C27H32F2N6O3S/c1-16(2)27(37)38-17(3)35-14-18(12-31-35)26-34-23(15-39-26)25(36)32-20(13-30-19-7-5-4-6-8-19)11-22-21(28)9-10-24(29)33-22/h9-10,12-17,19,30H,4-8,11H2,1-3H3,(H,32,36)/b20-13+. The lowest BCUT2D eigenvalue weighted by Gasteiger charge is -2.22. The predicted octanol–water partition coefficient (Wildman–Crippen LogP) is 5.13. The number of carbonyl (C=O) groups is 2. The van der Waals surface area contributed by atoms with Crippen molar-refractivity contribution in [1.29, 1.82) is 0 Å². The summed E-state index contributed by atoms with van der Waals surface area (Å²) in [6.07, 6.45) is 9.65. The first-order chi connectivity index (χ1) is 18.7. The first-order valence-electron chi connectivity index (χ1n) is 13.0. The molecule has 1 unspecified atom stereocenters. The van der Waals surface area contributed by atoms with Gasteiger partial charge in [-0.2, -0.15) is 9.49 Å². The highest BCUT2D eigenvalue weighted by Crippen LogP contribution is 2.25. The van der Waals surface area contributed by atoms with Crippen LogP contribution in [-0.2, 0) is 16.0 Å². The molecular weight excluding hydrogens is 526 g/mol. The molecule has 1 aliphatic rings. The fraction of sp³-hybridized carbons (Fsp3) is 0.444. The second-order valence-corrected chi connectivity index (χ2v) is 10.7. The number of rotatable bonds is 10. The number of halogens is 2. The van der Waals surface area contributed by atoms with Crippen LogP contribution < -0.4 is 10.6 Å². The van der Waals surface area contributed by atoms with E-state index in [-0.39, 0.29) is 35.7 Å². The molecule has 9 nitrogen and oxygen atoms in total. The highest BCUT2D eigenvalue weighted by Gasteiger charge is 2.19. The van der Waals surface area contributed by atoms with Crippen molar-refractivity contribution in [2.75, 3.05) is 0 Å². The average molecular weight is 559 g/mol. The topological polar surface area (TPSA) is 111 Å². The first kappa shape index (κ1) is 28.3. The van der Waals surface area contributed by atoms with Gasteiger partial charge in [-0.3, -0.25) is 9.59 Å². The van der Waals surface area contributed by atoms with E-state index in [0.717, 1.165) is 37.8 Å². The Hall–Kier alpha value is -3.67. The van der Waals surface area contributed by atoms with Gasteiger partial charge in [0, 0.05) is 41.5 Å². The molecule has 1 aliphatic carbocycles. The van der Waals surface area contributed by atoms with Crippen molar-refractivity contribution in [1.82, 2.24) is 30.4 Å². The molecule has 0 aromatic carbocycles. The zero-order chi connectivity index (χ0) is 27.9. The van der Waals surface area contributed by atoms with Gasteiger partial charge < -0.3 is 15.4 Å². The van der Waals surface area contributed by atoms with E-state index in [4.69, 9.17) is 4.74 Å². The molecule has 0 spiro atoms. The number of nitrogens with one attached hydrogen (secondary N) is 2. The summed E-state index contributed by atoms with van der Waals surface area (Å²) >= 11 is 1.26. The molecule has 4 rings (SSSR count). The van der Waals surface area contributed by atoms with Crippen LogP contribution in [0.5, 0.6) is 0 Å². The number of carbonyl (C=O) groups excluding carboxylic acids is 2. The Morgan fingerprint density at radius 2 is 1.95 bits per heavy atom. The van der Waals surface area contributed by atoms with Gasteiger partial charge in [0.1, 0.15) is 16.5 Å². The molecule has 1 fully saturated rings. The van der Waals surface area contributed by atoms with Gasteiger partial charge in [-0.1, -0.05) is 33.1 Å². The predicted molar refractivity (Wildman–Crippen MR) is 142 cm³/mol. The lowest BCUT2D eigenvalue weighted by atomic mass is 9.96. The Bertz CT molecular complexity index is 1330. The van der Waals surface area contributed by atoms with E-state index in [1.54, 1.807) is 44.7 Å². The van der Waals surface area contributed by atoms with Crippen molar-refractivity contribution in [3.63, 3.8) is 0 Å². The summed E-state index contributed by atoms with van der Waals surface area (Å²) in [6, 6.07) is 2.22. The molecule has 0 saturated heterocycles. The number of aromatic nitrogens is 4. The van der Waals surface area contributed by atoms with E-state index >= 15 is 0 Å². The number of hydrogen-bond donors (Lipinski definition) is 2. The number of allylic oxidation sites excluding steroid dienone is 1. The highest BCUT2D eigenvalue weighted by molar-refractivity contribution is 7.13. The van der Waals surface area contributed by atoms with Crippen molar-refractivity contribution in [3.8, 4) is 10.6 Å². The monoisotopic (exact) mass is 558 g/mol. The molecule has 0 aliphatic heterocycles. The Balaban J connectivity index is 1.47. The number of nitrogens with zero attached hydrogens (tertiary/aromatic N) is 4. The lowest BCUT2D eigenvalue weighted by Crippen LogP contribution is -2.31. The minimum absolute atomic E-state index is 0.105. The van der Waals surface area contributed by atoms with Crippen LogP contribution in [0.4, 0.5) is 8.78 Å². The van der Waals surface area contributed by atoms with Gasteiger partial charge in [0.2, 0.25) is 5.95 Å². The van der Waals surface area contributed by atoms with Crippen molar-refractivity contribution in [3.05, 3.63) is 65.0 Å². The Morgan fingerprint density at radius 3 is 2.69 bits per heavy atom. The summed E-state index contributed by atoms with van der Waals surface area (Å²) in [5.41, 5.74) is 1.07. The van der Waals surface area contributed by atoms with Gasteiger partial charge in [0.15, 0.2) is 6.23 Å². The van der Waals surface area contributed by atoms with Crippen LogP contribution in [0.25, 0.3) is 10.6 Å². The molecule has 3 heterocycles. The van der Waals surface area contributed by atoms with Gasteiger partial charge in [-0.05, 0) is 31.9 Å². The van der Waals surface area contributed by atoms with Crippen molar-refractivity contribution in [2.45, 2.75) is 71.6 Å². The molecule has 208 valence electrons. The van der Waals surface area contributed by atoms with Crippen molar-refractivity contribution < 1.29 is 23.1 Å². The smallest absolute Gasteiger partial charge is 0.310 e. The van der Waals surface area contributed by atoms with E-state index < -0.39 is 23.9 Å². The van der Waals surface area contributed by atoms with Crippen LogP contribution in [-0.4, -0.2) is 37.7 Å². The second kappa shape index (κ2) is 12.9. The number of thiazole rings is 1. The maximum absolute atomic E-state index is 14.3. The zero-order valence-corrected chi connectivity index (χ0v) is 22.9. The average Bonchev–Trinajstić information content (AvgIpc) is 3.60. The molecule has 39 heavy (non-hydrogen) atoms. The molecule has 1 amide bonds. The quantitative estimate of drug-likeness (QED) is 0.262. The molecule has 1 atom stereocenters. The van der Waals surface area contributed by atoms with Crippen LogP contribution >= 0.6 is 11.3 Å². The third-order valence-electron chi connectivity index (χ3n) is 6.33. The van der Waals surface area contributed by atoms with Gasteiger partial charge in [-0.25, -0.2) is 19.0 Å². The number of pyridine rings is 1. The summed E-state index contributed by atoms with van der Waals surface area (Å²) in [5.74, 6) is -2.53. The minimum atomic E-state index is -0.796. The maximum Gasteiger partial charge on any atom is 0.310 e. The Morgan fingerprint density at radius 1 is 1.18 bits per heavy atom. The second-order valence-electron chi connectivity index (χ2n) is 9.80. The molecule has 12 heteroatoms. The van der Waals surface area contributed by atoms with Gasteiger partial charge >= 0.3 is 5.97 Å². The summed E-state index contributed by atoms with van der Waals surface area (Å²) in [6.45, 7) is 5.22. The maximum atomic E-state index is 14.3. The normalized spacial score (nSPS) is 15.3. The Kier molecular flexibility index (Phi) is 9.39. The van der Waals surface area contributed by atoms with Crippen LogP contribution in [0.15, 0.2) is 41.8 Å². The molecule has 0 radical (unpaired) electrons. The first-order valence-corrected chi connectivity index (χ1v) is 13.9. The van der Waals surface area contributed by atoms with E-state index in [9.17, 15) is 18.4 Å². The zero-order valence-electron chi connectivity index (χ0n) is 22.1. The number of esters is 1. The largest absolute Gasteiger partial charge is 0.440 e. The third kappa shape index (κ3) is 7.69. The summed E-state index contributed by atoms with van der Waals surface area (Å²) in [7, 11) is 0. The highest BCUT2D eigenvalue weighted by atomic mass is 32.1. The molecule has 1 saturated carbocycles. The number of amides is 1. The summed E-state index contributed by atoms with van der Waals surface area (Å²) in [4.78, 5) is 33.1. The van der Waals surface area contributed by atoms with Crippen LogP contribution in [0.1, 0.15) is 75.3 Å². The van der Waals surface area contributed by atoms with Gasteiger partial charge in [0.05, 0.1) is 17.8 Å². The molecule has 0 bridgehead atoms. The minimum Gasteiger partial charge on any atom is -0.440 e. The molecule has 3 aromatic rings. The fourth-order valence-electron chi connectivity index (χ4n) is 4.11. The Labute approximate surface area is 229 Å². The molecule has 2 N–H and O–H groups in total. The van der Waals surface area contributed by atoms with Gasteiger partial charge in [0.25, 0.3) is 5.91 Å². The van der Waals surface area contributed by atoms with Crippen LogP contribution in [0.3, 0.4) is 0 Å².